The Hall–Kier alpha value is -3.98. The highest BCUT2D eigenvalue weighted by Crippen LogP contribution is 2.33. The first-order valence-corrected chi connectivity index (χ1v) is 9.87. The van der Waals surface area contributed by atoms with E-state index >= 15 is 0 Å². The zero-order valence-electron chi connectivity index (χ0n) is 16.2. The molecular weight excluding hydrogens is 418 g/mol. The highest BCUT2D eigenvalue weighted by molar-refractivity contribution is 8.18. The van der Waals surface area contributed by atoms with Crippen LogP contribution >= 0.6 is 11.8 Å². The molecule has 1 saturated heterocycles. The molecule has 2 aromatic rings. The molecule has 1 amide bonds. The summed E-state index contributed by atoms with van der Waals surface area (Å²) in [6, 6.07) is 12.4. The van der Waals surface area contributed by atoms with Gasteiger partial charge in [0, 0.05) is 12.6 Å². The number of aromatic carboxylic acids is 1. The second-order valence-corrected chi connectivity index (χ2v) is 7.27. The Kier molecular flexibility index (Phi) is 6.78. The molecule has 1 heterocycles. The van der Waals surface area contributed by atoms with Gasteiger partial charge in [-0.2, -0.15) is 0 Å². The molecule has 3 rings (SSSR count). The molecule has 0 aliphatic carbocycles. The van der Waals surface area contributed by atoms with Gasteiger partial charge in [0.1, 0.15) is 0 Å². The zero-order chi connectivity index (χ0) is 22.4. The normalized spacial score (nSPS) is 16.4. The third-order valence-corrected chi connectivity index (χ3v) is 5.20. The van der Waals surface area contributed by atoms with Crippen LogP contribution in [0.1, 0.15) is 15.9 Å². The number of amidine groups is 1. The van der Waals surface area contributed by atoms with Crippen molar-refractivity contribution in [2.24, 2.45) is 4.99 Å². The third kappa shape index (κ3) is 5.14. The Balaban J connectivity index is 1.89. The molecule has 2 aromatic carbocycles. The number of carbonyl (C=O) groups excluding carboxylic acids is 1. The van der Waals surface area contributed by atoms with E-state index in [1.807, 2.05) is 0 Å². The van der Waals surface area contributed by atoms with Gasteiger partial charge >= 0.3 is 5.97 Å². The zero-order valence-corrected chi connectivity index (χ0v) is 17.0. The molecule has 31 heavy (non-hydrogen) atoms. The molecule has 0 atom stereocenters. The molecule has 1 aliphatic heterocycles. The summed E-state index contributed by atoms with van der Waals surface area (Å²) >= 11 is 1.13. The molecule has 0 aromatic heterocycles. The Labute approximate surface area is 182 Å². The number of carboxylic acids is 1. The van der Waals surface area contributed by atoms with E-state index in [0.717, 1.165) is 11.8 Å². The maximum Gasteiger partial charge on any atom is 0.335 e. The fourth-order valence-electron chi connectivity index (χ4n) is 2.75. The maximum atomic E-state index is 12.8. The van der Waals surface area contributed by atoms with Crippen molar-refractivity contribution in [3.8, 4) is 0 Å². The number of thioether (sulfide) groups is 1. The second-order valence-electron chi connectivity index (χ2n) is 6.26. The van der Waals surface area contributed by atoms with E-state index in [4.69, 9.17) is 5.11 Å². The monoisotopic (exact) mass is 435 g/mol. The molecule has 0 bridgehead atoms. The van der Waals surface area contributed by atoms with Crippen molar-refractivity contribution in [1.29, 1.82) is 0 Å². The van der Waals surface area contributed by atoms with Crippen molar-refractivity contribution in [1.82, 2.24) is 4.90 Å². The van der Waals surface area contributed by atoms with Crippen molar-refractivity contribution in [2.45, 2.75) is 0 Å². The van der Waals surface area contributed by atoms with Crippen LogP contribution in [-0.2, 0) is 4.79 Å². The topological polar surface area (TPSA) is 113 Å². The molecule has 1 aliphatic rings. The van der Waals surface area contributed by atoms with E-state index in [1.165, 1.54) is 23.1 Å². The third-order valence-electron chi connectivity index (χ3n) is 4.17. The molecule has 8 nitrogen and oxygen atoms in total. The van der Waals surface area contributed by atoms with Crippen LogP contribution in [0.25, 0.3) is 6.08 Å². The lowest BCUT2D eigenvalue weighted by Crippen LogP contribution is -2.29. The number of rotatable bonds is 7. The molecule has 0 radical (unpaired) electrons. The molecular formula is C22H17N3O5S. The molecule has 156 valence electrons. The minimum Gasteiger partial charge on any atom is -0.478 e. The summed E-state index contributed by atoms with van der Waals surface area (Å²) in [6.07, 6.45) is 6.26. The van der Waals surface area contributed by atoms with Gasteiger partial charge in [0.25, 0.3) is 11.6 Å². The summed E-state index contributed by atoms with van der Waals surface area (Å²) in [4.78, 5) is 40.8. The minimum atomic E-state index is -1.07. The van der Waals surface area contributed by atoms with Crippen molar-refractivity contribution in [3.05, 3.63) is 99.5 Å². The van der Waals surface area contributed by atoms with Gasteiger partial charge < -0.3 is 5.11 Å². The van der Waals surface area contributed by atoms with Gasteiger partial charge in [0.05, 0.1) is 26.6 Å². The number of aliphatic imine (C=N–C) groups is 1. The number of amides is 1. The first kappa shape index (κ1) is 21.7. The van der Waals surface area contributed by atoms with Crippen LogP contribution in [0, 0.1) is 10.1 Å². The minimum absolute atomic E-state index is 0.0311. The van der Waals surface area contributed by atoms with E-state index in [0.29, 0.717) is 21.3 Å². The van der Waals surface area contributed by atoms with Crippen molar-refractivity contribution >= 4 is 46.3 Å². The summed E-state index contributed by atoms with van der Waals surface area (Å²) in [5, 5.41) is 20.7. The lowest BCUT2D eigenvalue weighted by Gasteiger charge is -2.12. The van der Waals surface area contributed by atoms with Crippen molar-refractivity contribution < 1.29 is 19.6 Å². The Morgan fingerprint density at radius 1 is 1.26 bits per heavy atom. The Morgan fingerprint density at radius 3 is 2.74 bits per heavy atom. The lowest BCUT2D eigenvalue weighted by atomic mass is 10.1. The van der Waals surface area contributed by atoms with Crippen LogP contribution in [0.15, 0.2) is 83.2 Å². The molecule has 0 saturated carbocycles. The Morgan fingerprint density at radius 2 is 2.03 bits per heavy atom. The number of carboxylic acid groups (broad SMARTS) is 1. The molecule has 0 unspecified atom stereocenters. The largest absolute Gasteiger partial charge is 0.478 e. The van der Waals surface area contributed by atoms with Crippen molar-refractivity contribution in [2.75, 3.05) is 6.54 Å². The molecule has 1 N–H and O–H groups in total. The first-order valence-electron chi connectivity index (χ1n) is 9.05. The SMILES string of the molecule is C=CCN1C(=O)/C(=C/C=C/c2ccccc2[N+](=O)[O-])SC1=Nc1cccc(C(=O)O)c1. The number of hydrogen-bond donors (Lipinski definition) is 1. The number of allylic oxidation sites excluding steroid dienone is 2. The predicted octanol–water partition coefficient (Wildman–Crippen LogP) is 4.64. The molecule has 1 fully saturated rings. The van der Waals surface area contributed by atoms with Gasteiger partial charge in [0.2, 0.25) is 0 Å². The van der Waals surface area contributed by atoms with Crippen LogP contribution in [0.2, 0.25) is 0 Å². The second kappa shape index (κ2) is 9.68. The van der Waals surface area contributed by atoms with Crippen LogP contribution in [-0.4, -0.2) is 38.5 Å². The Bertz CT molecular complexity index is 1150. The summed E-state index contributed by atoms with van der Waals surface area (Å²) in [5.74, 6) is -1.36. The number of benzene rings is 2. The number of carbonyl (C=O) groups is 2. The number of nitrogens with zero attached hydrogens (tertiary/aromatic N) is 3. The summed E-state index contributed by atoms with van der Waals surface area (Å²) < 4.78 is 0. The van der Waals surface area contributed by atoms with Gasteiger partial charge in [-0.3, -0.25) is 19.8 Å². The van der Waals surface area contributed by atoms with E-state index in [1.54, 1.807) is 54.6 Å². The van der Waals surface area contributed by atoms with Gasteiger partial charge in [-0.1, -0.05) is 30.4 Å². The van der Waals surface area contributed by atoms with Gasteiger partial charge in [-0.25, -0.2) is 9.79 Å². The average molecular weight is 435 g/mol. The van der Waals surface area contributed by atoms with E-state index < -0.39 is 10.9 Å². The highest BCUT2D eigenvalue weighted by atomic mass is 32.2. The number of nitro groups is 1. The molecule has 9 heteroatoms. The molecule has 0 spiro atoms. The van der Waals surface area contributed by atoms with Crippen LogP contribution < -0.4 is 0 Å². The number of nitro benzene ring substituents is 1. The predicted molar refractivity (Wildman–Crippen MR) is 120 cm³/mol. The highest BCUT2D eigenvalue weighted by Gasteiger charge is 2.32. The quantitative estimate of drug-likeness (QED) is 0.293. The van der Waals surface area contributed by atoms with E-state index in [2.05, 4.69) is 11.6 Å². The summed E-state index contributed by atoms with van der Waals surface area (Å²) in [7, 11) is 0. The van der Waals surface area contributed by atoms with Crippen molar-refractivity contribution in [3.63, 3.8) is 0 Å². The smallest absolute Gasteiger partial charge is 0.335 e. The standard InChI is InChI=1S/C22H17N3O5S/c1-2-13-24-20(26)19(12-6-8-15-7-3-4-11-18(15)25(29)30)31-22(24)23-17-10-5-9-16(14-17)21(27)28/h2-12,14H,1,13H2,(H,27,28)/b8-6+,19-12-,23-22?. The van der Waals surface area contributed by atoms with E-state index in [-0.39, 0.29) is 23.7 Å². The lowest BCUT2D eigenvalue weighted by molar-refractivity contribution is -0.385. The van der Waals surface area contributed by atoms with E-state index in [9.17, 15) is 19.7 Å². The fourth-order valence-corrected chi connectivity index (χ4v) is 3.71. The van der Waals surface area contributed by atoms with Gasteiger partial charge in [-0.05, 0) is 48.2 Å². The summed E-state index contributed by atoms with van der Waals surface area (Å²) in [6.45, 7) is 3.89. The van der Waals surface area contributed by atoms with Crippen LogP contribution in [0.5, 0.6) is 0 Å². The average Bonchev–Trinajstić information content (AvgIpc) is 3.03. The summed E-state index contributed by atoms with van der Waals surface area (Å²) in [5.41, 5.74) is 0.883. The van der Waals surface area contributed by atoms with Crippen LogP contribution in [0.3, 0.4) is 0 Å². The van der Waals surface area contributed by atoms with Gasteiger partial charge in [-0.15, -0.1) is 6.58 Å². The first-order chi connectivity index (χ1) is 14.9. The maximum absolute atomic E-state index is 12.8. The van der Waals surface area contributed by atoms with Crippen LogP contribution in [0.4, 0.5) is 11.4 Å². The number of hydrogen-bond acceptors (Lipinski definition) is 6. The number of para-hydroxylation sites is 1. The van der Waals surface area contributed by atoms with Gasteiger partial charge in [0.15, 0.2) is 5.17 Å². The fraction of sp³-hybridized carbons (Fsp3) is 0.0455.